The van der Waals surface area contributed by atoms with Crippen LogP contribution in [-0.4, -0.2) is 43.5 Å². The Morgan fingerprint density at radius 2 is 2.04 bits per heavy atom. The molecule has 7 heteroatoms. The van der Waals surface area contributed by atoms with Crippen LogP contribution in [0.15, 0.2) is 42.6 Å². The van der Waals surface area contributed by atoms with E-state index in [0.29, 0.717) is 18.4 Å². The van der Waals surface area contributed by atoms with Crippen molar-refractivity contribution in [1.29, 1.82) is 0 Å². The van der Waals surface area contributed by atoms with Crippen molar-refractivity contribution in [3.8, 4) is 5.75 Å². The molecule has 1 aliphatic heterocycles. The van der Waals surface area contributed by atoms with E-state index in [4.69, 9.17) is 4.74 Å². The van der Waals surface area contributed by atoms with Gasteiger partial charge in [0.15, 0.2) is 9.84 Å². The minimum atomic E-state index is -3.07. The summed E-state index contributed by atoms with van der Waals surface area (Å²) in [6, 6.07) is 11.2. The Hall–Kier alpha value is -2.41. The first-order chi connectivity index (χ1) is 12.3. The summed E-state index contributed by atoms with van der Waals surface area (Å²) >= 11 is 0. The Labute approximate surface area is 153 Å². The SMILES string of the molecule is COc1ccccc1Cc1ccc(C(=O)N[C@@]2(C)CCS(=O)(=O)C2)cn1. The molecular formula is C19H22N2O4S. The molecule has 0 radical (unpaired) electrons. The maximum atomic E-state index is 12.4. The third kappa shape index (κ3) is 4.22. The topological polar surface area (TPSA) is 85.4 Å². The molecule has 2 heterocycles. The van der Waals surface area contributed by atoms with Crippen molar-refractivity contribution in [2.75, 3.05) is 18.6 Å². The molecule has 26 heavy (non-hydrogen) atoms. The van der Waals surface area contributed by atoms with Crippen LogP contribution < -0.4 is 10.1 Å². The van der Waals surface area contributed by atoms with Crippen molar-refractivity contribution in [3.05, 3.63) is 59.4 Å². The number of aromatic nitrogens is 1. The highest BCUT2D eigenvalue weighted by molar-refractivity contribution is 7.91. The molecule has 1 N–H and O–H groups in total. The fraction of sp³-hybridized carbons (Fsp3) is 0.368. The van der Waals surface area contributed by atoms with Gasteiger partial charge in [-0.25, -0.2) is 8.42 Å². The second-order valence-corrected chi connectivity index (χ2v) is 9.07. The van der Waals surface area contributed by atoms with Gasteiger partial charge in [-0.15, -0.1) is 0 Å². The summed E-state index contributed by atoms with van der Waals surface area (Å²) in [5.74, 6) is 0.581. The maximum absolute atomic E-state index is 12.4. The molecule has 1 fully saturated rings. The third-order valence-electron chi connectivity index (χ3n) is 4.57. The largest absolute Gasteiger partial charge is 0.496 e. The number of pyridine rings is 1. The molecule has 1 atom stereocenters. The minimum Gasteiger partial charge on any atom is -0.496 e. The van der Waals surface area contributed by atoms with Crippen LogP contribution in [0.25, 0.3) is 0 Å². The number of ether oxygens (including phenoxy) is 1. The zero-order chi connectivity index (χ0) is 18.8. The molecule has 1 aromatic carbocycles. The van der Waals surface area contributed by atoms with E-state index in [-0.39, 0.29) is 17.4 Å². The minimum absolute atomic E-state index is 0.0228. The van der Waals surface area contributed by atoms with Crippen LogP contribution in [0.2, 0.25) is 0 Å². The van der Waals surface area contributed by atoms with E-state index in [2.05, 4.69) is 10.3 Å². The van der Waals surface area contributed by atoms with E-state index in [1.54, 1.807) is 26.2 Å². The summed E-state index contributed by atoms with van der Waals surface area (Å²) in [6.07, 6.45) is 2.55. The molecule has 0 bridgehead atoms. The van der Waals surface area contributed by atoms with Crippen LogP contribution in [0.3, 0.4) is 0 Å². The second kappa shape index (κ2) is 7.07. The molecule has 0 saturated carbocycles. The van der Waals surface area contributed by atoms with Crippen LogP contribution in [0.1, 0.15) is 35.0 Å². The Morgan fingerprint density at radius 3 is 2.65 bits per heavy atom. The number of amides is 1. The molecule has 6 nitrogen and oxygen atoms in total. The summed E-state index contributed by atoms with van der Waals surface area (Å²) in [5.41, 5.74) is 1.54. The summed E-state index contributed by atoms with van der Waals surface area (Å²) in [4.78, 5) is 16.8. The first-order valence-electron chi connectivity index (χ1n) is 8.40. The standard InChI is InChI=1S/C19H22N2O4S/c1-19(9-10-26(23,24)13-19)21-18(22)15-7-8-16(20-12-15)11-14-5-3-4-6-17(14)25-2/h3-8,12H,9-11,13H2,1-2H3,(H,21,22)/t19-/m0/s1. The van der Waals surface area contributed by atoms with E-state index in [9.17, 15) is 13.2 Å². The molecule has 2 aromatic rings. The van der Waals surface area contributed by atoms with Crippen LogP contribution in [0.5, 0.6) is 5.75 Å². The molecule has 0 aliphatic carbocycles. The Morgan fingerprint density at radius 1 is 1.27 bits per heavy atom. The van der Waals surface area contributed by atoms with E-state index < -0.39 is 15.4 Å². The zero-order valence-corrected chi connectivity index (χ0v) is 15.7. The average Bonchev–Trinajstić information content (AvgIpc) is 2.88. The molecular weight excluding hydrogens is 352 g/mol. The lowest BCUT2D eigenvalue weighted by Gasteiger charge is -2.23. The number of sulfone groups is 1. The highest BCUT2D eigenvalue weighted by Crippen LogP contribution is 2.23. The van der Waals surface area contributed by atoms with Gasteiger partial charge in [0.25, 0.3) is 5.91 Å². The van der Waals surface area contributed by atoms with E-state index in [1.807, 2.05) is 24.3 Å². The lowest BCUT2D eigenvalue weighted by atomic mass is 10.0. The number of carbonyl (C=O) groups excluding carboxylic acids is 1. The lowest BCUT2D eigenvalue weighted by Crippen LogP contribution is -2.46. The van der Waals surface area contributed by atoms with Crippen molar-refractivity contribution in [3.63, 3.8) is 0 Å². The maximum Gasteiger partial charge on any atom is 0.253 e. The number of methoxy groups -OCH3 is 1. The number of hydrogen-bond acceptors (Lipinski definition) is 5. The van der Waals surface area contributed by atoms with Crippen LogP contribution in [-0.2, 0) is 16.3 Å². The van der Waals surface area contributed by atoms with Crippen molar-refractivity contribution in [1.82, 2.24) is 10.3 Å². The monoisotopic (exact) mass is 374 g/mol. The molecule has 1 aliphatic rings. The van der Waals surface area contributed by atoms with Gasteiger partial charge in [0, 0.05) is 23.9 Å². The van der Waals surface area contributed by atoms with Crippen LogP contribution in [0.4, 0.5) is 0 Å². The first-order valence-corrected chi connectivity index (χ1v) is 10.2. The number of carbonyl (C=O) groups is 1. The summed E-state index contributed by atoms with van der Waals surface area (Å²) in [5, 5.41) is 2.84. The van der Waals surface area contributed by atoms with Crippen molar-refractivity contribution >= 4 is 15.7 Å². The molecule has 1 aromatic heterocycles. The van der Waals surface area contributed by atoms with Gasteiger partial charge in [0.1, 0.15) is 5.75 Å². The number of rotatable bonds is 5. The summed E-state index contributed by atoms with van der Waals surface area (Å²) in [6.45, 7) is 1.76. The highest BCUT2D eigenvalue weighted by atomic mass is 32.2. The van der Waals surface area contributed by atoms with Gasteiger partial charge in [0.2, 0.25) is 0 Å². The number of benzene rings is 1. The molecule has 0 spiro atoms. The van der Waals surface area contributed by atoms with E-state index in [1.165, 1.54) is 6.20 Å². The fourth-order valence-corrected chi connectivity index (χ4v) is 5.26. The van der Waals surface area contributed by atoms with Gasteiger partial charge in [-0.2, -0.15) is 0 Å². The predicted molar refractivity (Wildman–Crippen MR) is 99.2 cm³/mol. The molecule has 0 unspecified atom stereocenters. The normalized spacial score (nSPS) is 21.3. The van der Waals surface area contributed by atoms with Gasteiger partial charge in [-0.05, 0) is 31.5 Å². The summed E-state index contributed by atoms with van der Waals surface area (Å²) in [7, 11) is -1.44. The predicted octanol–water partition coefficient (Wildman–Crippen LogP) is 1.99. The Kier molecular flexibility index (Phi) is 5.00. The number of nitrogens with one attached hydrogen (secondary N) is 1. The van der Waals surface area contributed by atoms with Crippen molar-refractivity contribution in [2.24, 2.45) is 0 Å². The smallest absolute Gasteiger partial charge is 0.253 e. The molecule has 3 rings (SSSR count). The molecule has 1 amide bonds. The van der Waals surface area contributed by atoms with Gasteiger partial charge < -0.3 is 10.1 Å². The van der Waals surface area contributed by atoms with Crippen LogP contribution >= 0.6 is 0 Å². The number of para-hydroxylation sites is 1. The van der Waals surface area contributed by atoms with Crippen molar-refractivity contribution < 1.29 is 17.9 Å². The molecule has 138 valence electrons. The van der Waals surface area contributed by atoms with Gasteiger partial charge in [0.05, 0.1) is 29.7 Å². The second-order valence-electron chi connectivity index (χ2n) is 6.88. The Balaban J connectivity index is 1.68. The highest BCUT2D eigenvalue weighted by Gasteiger charge is 2.39. The Bertz CT molecular complexity index is 909. The van der Waals surface area contributed by atoms with Gasteiger partial charge >= 0.3 is 0 Å². The first kappa shape index (κ1) is 18.4. The van der Waals surface area contributed by atoms with Gasteiger partial charge in [-0.1, -0.05) is 18.2 Å². The quantitative estimate of drug-likeness (QED) is 0.865. The number of hydrogen-bond donors (Lipinski definition) is 1. The third-order valence-corrected chi connectivity index (χ3v) is 6.47. The van der Waals surface area contributed by atoms with Crippen molar-refractivity contribution in [2.45, 2.75) is 25.3 Å². The lowest BCUT2D eigenvalue weighted by molar-refractivity contribution is 0.0915. The van der Waals surface area contributed by atoms with Crippen LogP contribution in [0, 0.1) is 0 Å². The fourth-order valence-electron chi connectivity index (χ4n) is 3.16. The van der Waals surface area contributed by atoms with Gasteiger partial charge in [-0.3, -0.25) is 9.78 Å². The molecule has 1 saturated heterocycles. The van der Waals surface area contributed by atoms with E-state index in [0.717, 1.165) is 17.0 Å². The summed E-state index contributed by atoms with van der Waals surface area (Å²) < 4.78 is 28.7. The van der Waals surface area contributed by atoms with E-state index >= 15 is 0 Å². The number of nitrogens with zero attached hydrogens (tertiary/aromatic N) is 1. The average molecular weight is 374 g/mol. The zero-order valence-electron chi connectivity index (χ0n) is 14.9.